The number of nitrogens with zero attached hydrogens (tertiary/aromatic N) is 2. The van der Waals surface area contributed by atoms with Gasteiger partial charge in [0.25, 0.3) is 11.8 Å². The highest BCUT2D eigenvalue weighted by atomic mass is 16.4. The van der Waals surface area contributed by atoms with Crippen molar-refractivity contribution in [1.29, 1.82) is 0 Å². The van der Waals surface area contributed by atoms with Crippen molar-refractivity contribution < 1.29 is 39.6 Å². The Balaban J connectivity index is 2.88. The molecule has 28 heavy (non-hydrogen) atoms. The van der Waals surface area contributed by atoms with Crippen molar-refractivity contribution in [3.63, 3.8) is 0 Å². The molecule has 0 saturated heterocycles. The van der Waals surface area contributed by atoms with Gasteiger partial charge < -0.3 is 31.9 Å². The van der Waals surface area contributed by atoms with Crippen LogP contribution in [0.3, 0.4) is 0 Å². The summed E-state index contributed by atoms with van der Waals surface area (Å²) >= 11 is 0. The molecule has 2 amide bonds. The van der Waals surface area contributed by atoms with Crippen LogP contribution in [0.4, 0.5) is 11.6 Å². The average molecular weight is 402 g/mol. The SMILES string of the molecule is Nc1nc(C(=O)NN[C@H](CO)C(=O)O)c(N)nc1C(=O)NN[C@H](CO)C(=O)O. The van der Waals surface area contributed by atoms with E-state index in [1.54, 1.807) is 0 Å². The van der Waals surface area contributed by atoms with Crippen molar-refractivity contribution in [3.05, 3.63) is 11.4 Å². The Morgan fingerprint density at radius 2 is 1.11 bits per heavy atom. The highest BCUT2D eigenvalue weighted by Gasteiger charge is 2.23. The van der Waals surface area contributed by atoms with Gasteiger partial charge in [0.05, 0.1) is 13.2 Å². The number of aliphatic carboxylic acids is 2. The molecule has 0 bridgehead atoms. The molecule has 2 atom stereocenters. The first-order chi connectivity index (χ1) is 13.1. The van der Waals surface area contributed by atoms with E-state index >= 15 is 0 Å². The van der Waals surface area contributed by atoms with Crippen LogP contribution in [0.5, 0.6) is 0 Å². The molecule has 0 aliphatic rings. The van der Waals surface area contributed by atoms with Crippen LogP contribution in [0, 0.1) is 0 Å². The first kappa shape index (κ1) is 22.4. The van der Waals surface area contributed by atoms with Crippen LogP contribution in [0.2, 0.25) is 0 Å². The van der Waals surface area contributed by atoms with Crippen LogP contribution in [-0.4, -0.2) is 79.4 Å². The van der Waals surface area contributed by atoms with Crippen LogP contribution in [0.25, 0.3) is 0 Å². The smallest absolute Gasteiger partial charge is 0.324 e. The van der Waals surface area contributed by atoms with E-state index in [2.05, 4.69) is 9.97 Å². The van der Waals surface area contributed by atoms with Gasteiger partial charge in [0, 0.05) is 0 Å². The molecule has 0 aliphatic heterocycles. The normalized spacial score (nSPS) is 12.6. The topological polar surface area (TPSA) is 275 Å². The van der Waals surface area contributed by atoms with Gasteiger partial charge in [-0.05, 0) is 0 Å². The number of carboxylic acids is 2. The molecule has 1 aromatic heterocycles. The summed E-state index contributed by atoms with van der Waals surface area (Å²) in [5.41, 5.74) is 17.9. The number of hydrazine groups is 2. The molecule has 12 N–H and O–H groups in total. The predicted octanol–water partition coefficient (Wildman–Crippen LogP) is -5.00. The minimum Gasteiger partial charge on any atom is -0.480 e. The molecule has 1 rings (SSSR count). The van der Waals surface area contributed by atoms with Crippen molar-refractivity contribution in [1.82, 2.24) is 31.7 Å². The second kappa shape index (κ2) is 9.92. The molecular formula is C12H18N8O8. The summed E-state index contributed by atoms with van der Waals surface area (Å²) in [4.78, 5) is 52.6. The number of aliphatic hydroxyl groups excluding tert-OH is 2. The van der Waals surface area contributed by atoms with Crippen molar-refractivity contribution in [2.45, 2.75) is 12.1 Å². The van der Waals surface area contributed by atoms with Gasteiger partial charge >= 0.3 is 11.9 Å². The van der Waals surface area contributed by atoms with Gasteiger partial charge in [-0.15, -0.1) is 0 Å². The number of carbonyl (C=O) groups excluding carboxylic acids is 2. The Morgan fingerprint density at radius 3 is 1.36 bits per heavy atom. The number of aromatic nitrogens is 2. The third-order valence-corrected chi connectivity index (χ3v) is 3.06. The summed E-state index contributed by atoms with van der Waals surface area (Å²) in [6.07, 6.45) is 0. The van der Waals surface area contributed by atoms with Gasteiger partial charge in [-0.25, -0.2) is 20.8 Å². The Labute approximate surface area is 155 Å². The Bertz CT molecular complexity index is 708. The van der Waals surface area contributed by atoms with E-state index < -0.39 is 72.1 Å². The van der Waals surface area contributed by atoms with Gasteiger partial charge in [0.15, 0.2) is 23.0 Å². The van der Waals surface area contributed by atoms with Gasteiger partial charge in [-0.1, -0.05) is 0 Å². The number of aliphatic hydroxyl groups is 2. The van der Waals surface area contributed by atoms with E-state index in [9.17, 15) is 19.2 Å². The number of rotatable bonds is 10. The fourth-order valence-electron chi connectivity index (χ4n) is 1.59. The number of carbonyl (C=O) groups is 4. The molecule has 0 saturated carbocycles. The van der Waals surface area contributed by atoms with Gasteiger partial charge in [-0.3, -0.25) is 30.0 Å². The van der Waals surface area contributed by atoms with Crippen LogP contribution in [-0.2, 0) is 9.59 Å². The largest absolute Gasteiger partial charge is 0.480 e. The quantitative estimate of drug-likeness (QED) is 0.164. The fraction of sp³-hybridized carbons (Fsp3) is 0.333. The summed E-state index contributed by atoms with van der Waals surface area (Å²) in [6.45, 7) is -1.65. The number of hydrogen-bond donors (Lipinski definition) is 10. The monoisotopic (exact) mass is 402 g/mol. The number of amides is 2. The molecule has 1 aromatic rings. The van der Waals surface area contributed by atoms with Crippen LogP contribution >= 0.6 is 0 Å². The number of nitrogen functional groups attached to an aromatic ring is 2. The molecule has 16 heteroatoms. The lowest BCUT2D eigenvalue weighted by Gasteiger charge is -2.15. The molecule has 154 valence electrons. The lowest BCUT2D eigenvalue weighted by atomic mass is 10.3. The van der Waals surface area contributed by atoms with Crippen LogP contribution in [0.15, 0.2) is 0 Å². The second-order valence-electron chi connectivity index (χ2n) is 5.04. The highest BCUT2D eigenvalue weighted by Crippen LogP contribution is 2.12. The highest BCUT2D eigenvalue weighted by molar-refractivity contribution is 6.00. The molecule has 0 radical (unpaired) electrons. The average Bonchev–Trinajstić information content (AvgIpc) is 2.63. The lowest BCUT2D eigenvalue weighted by Crippen LogP contribution is -2.50. The number of hydrogen-bond acceptors (Lipinski definition) is 12. The maximum Gasteiger partial charge on any atom is 0.324 e. The molecule has 0 unspecified atom stereocenters. The van der Waals surface area contributed by atoms with Crippen LogP contribution in [0.1, 0.15) is 21.0 Å². The van der Waals surface area contributed by atoms with Crippen molar-refractivity contribution in [2.24, 2.45) is 0 Å². The number of nitrogens with two attached hydrogens (primary N) is 2. The maximum absolute atomic E-state index is 12.0. The molecule has 1 heterocycles. The van der Waals surface area contributed by atoms with Gasteiger partial charge in [-0.2, -0.15) is 0 Å². The Hall–Kier alpha value is -3.60. The minimum atomic E-state index is -1.50. The molecule has 0 spiro atoms. The van der Waals surface area contributed by atoms with Crippen LogP contribution < -0.4 is 33.2 Å². The standard InChI is InChI=1S/C12H18N8O8/c13-7-5(9(23)19-17-3(1-21)11(25)26)15-8(14)6(16-7)10(24)20-18-4(2-22)12(27)28/h3-4,17-18,21-22H,1-2H2,(H2,14,15)(H2,13,16)(H,19,23)(H,20,24)(H,25,26)(H,27,28)/t3-,4-/m1/s1. The first-order valence-corrected chi connectivity index (χ1v) is 7.34. The van der Waals surface area contributed by atoms with Crippen molar-refractivity contribution in [2.75, 3.05) is 24.7 Å². The Morgan fingerprint density at radius 1 is 0.786 bits per heavy atom. The summed E-state index contributed by atoms with van der Waals surface area (Å²) in [6, 6.07) is -3.00. The third kappa shape index (κ3) is 5.71. The second-order valence-corrected chi connectivity index (χ2v) is 5.04. The minimum absolute atomic E-state index is 0.546. The van der Waals surface area contributed by atoms with E-state index in [1.807, 2.05) is 21.7 Å². The molecule has 0 aromatic carbocycles. The summed E-state index contributed by atoms with van der Waals surface area (Å²) in [7, 11) is 0. The number of nitrogens with one attached hydrogen (secondary N) is 4. The zero-order valence-corrected chi connectivity index (χ0v) is 14.0. The maximum atomic E-state index is 12.0. The number of anilines is 2. The lowest BCUT2D eigenvalue weighted by molar-refractivity contribution is -0.141. The van der Waals surface area contributed by atoms with E-state index in [1.165, 1.54) is 0 Å². The molecular weight excluding hydrogens is 384 g/mol. The van der Waals surface area contributed by atoms with Gasteiger partial charge in [0.2, 0.25) is 0 Å². The first-order valence-electron chi connectivity index (χ1n) is 7.34. The van der Waals surface area contributed by atoms with Crippen molar-refractivity contribution in [3.8, 4) is 0 Å². The molecule has 16 nitrogen and oxygen atoms in total. The summed E-state index contributed by atoms with van der Waals surface area (Å²) in [5, 5.41) is 35.2. The zero-order valence-electron chi connectivity index (χ0n) is 14.0. The molecule has 0 fully saturated rings. The predicted molar refractivity (Wildman–Crippen MR) is 89.1 cm³/mol. The fourth-order valence-corrected chi connectivity index (χ4v) is 1.59. The Kier molecular flexibility index (Phi) is 7.95. The van der Waals surface area contributed by atoms with E-state index in [4.69, 9.17) is 31.9 Å². The summed E-state index contributed by atoms with van der Waals surface area (Å²) in [5.74, 6) is -6.08. The van der Waals surface area contributed by atoms with E-state index in [0.29, 0.717) is 0 Å². The van der Waals surface area contributed by atoms with E-state index in [0.717, 1.165) is 0 Å². The zero-order chi connectivity index (χ0) is 21.4. The summed E-state index contributed by atoms with van der Waals surface area (Å²) < 4.78 is 0. The third-order valence-electron chi connectivity index (χ3n) is 3.06. The molecule has 0 aliphatic carbocycles. The van der Waals surface area contributed by atoms with Crippen molar-refractivity contribution >= 4 is 35.4 Å². The number of carboxylic acid groups (broad SMARTS) is 2. The van der Waals surface area contributed by atoms with Gasteiger partial charge in [0.1, 0.15) is 12.1 Å². The van der Waals surface area contributed by atoms with E-state index in [-0.39, 0.29) is 0 Å².